The number of H-pyrrole nitrogens is 1. The molecule has 1 atom stereocenters. The standard InChI is InChI=1S/C17H22N6O/c1-13(10-23-12-18-11-21-23)22-17(24)19-8-4-5-14-9-20-16-7-3-2-6-15(14)16/h2-3,6-7,9,11-13,20H,4-5,8,10H2,1H3,(H2,19,22,24)/t13-/m0/s1. The van der Waals surface area contributed by atoms with Gasteiger partial charge in [-0.3, -0.25) is 4.68 Å². The molecule has 1 aromatic carbocycles. The molecule has 0 unspecified atom stereocenters. The van der Waals surface area contributed by atoms with Crippen molar-refractivity contribution in [2.45, 2.75) is 32.4 Å². The third-order valence-electron chi connectivity index (χ3n) is 3.89. The molecule has 7 nitrogen and oxygen atoms in total. The van der Waals surface area contributed by atoms with E-state index in [2.05, 4.69) is 37.8 Å². The van der Waals surface area contributed by atoms with Crippen molar-refractivity contribution in [2.75, 3.05) is 6.54 Å². The van der Waals surface area contributed by atoms with Gasteiger partial charge in [-0.1, -0.05) is 18.2 Å². The molecule has 3 N–H and O–H groups in total. The molecule has 7 heteroatoms. The van der Waals surface area contributed by atoms with Crippen molar-refractivity contribution in [3.05, 3.63) is 48.7 Å². The van der Waals surface area contributed by atoms with Crippen LogP contribution in [0.3, 0.4) is 0 Å². The highest BCUT2D eigenvalue weighted by atomic mass is 16.2. The fourth-order valence-corrected chi connectivity index (χ4v) is 2.75. The lowest BCUT2D eigenvalue weighted by Gasteiger charge is -2.14. The van der Waals surface area contributed by atoms with Gasteiger partial charge in [-0.2, -0.15) is 5.10 Å². The van der Waals surface area contributed by atoms with Gasteiger partial charge in [0, 0.05) is 29.7 Å². The highest BCUT2D eigenvalue weighted by Crippen LogP contribution is 2.18. The van der Waals surface area contributed by atoms with E-state index in [9.17, 15) is 4.79 Å². The zero-order valence-electron chi connectivity index (χ0n) is 13.7. The number of hydrogen-bond acceptors (Lipinski definition) is 3. The SMILES string of the molecule is C[C@@H](Cn1cncn1)NC(=O)NCCCc1c[nH]c2ccccc12. The fraction of sp³-hybridized carbons (Fsp3) is 0.353. The van der Waals surface area contributed by atoms with Crippen molar-refractivity contribution in [3.8, 4) is 0 Å². The molecule has 0 saturated heterocycles. The maximum absolute atomic E-state index is 11.9. The third-order valence-corrected chi connectivity index (χ3v) is 3.89. The maximum Gasteiger partial charge on any atom is 0.315 e. The zero-order valence-corrected chi connectivity index (χ0v) is 13.7. The smallest absolute Gasteiger partial charge is 0.315 e. The number of benzene rings is 1. The molecular weight excluding hydrogens is 304 g/mol. The number of nitrogens with zero attached hydrogens (tertiary/aromatic N) is 3. The van der Waals surface area contributed by atoms with E-state index in [0.717, 1.165) is 18.4 Å². The number of aromatic amines is 1. The summed E-state index contributed by atoms with van der Waals surface area (Å²) in [5.41, 5.74) is 2.44. The van der Waals surface area contributed by atoms with Gasteiger partial charge < -0.3 is 15.6 Å². The summed E-state index contributed by atoms with van der Waals surface area (Å²) < 4.78 is 1.70. The topological polar surface area (TPSA) is 87.6 Å². The number of para-hydroxylation sites is 1. The Morgan fingerprint density at radius 2 is 2.25 bits per heavy atom. The van der Waals surface area contributed by atoms with Gasteiger partial charge >= 0.3 is 6.03 Å². The van der Waals surface area contributed by atoms with E-state index in [1.54, 1.807) is 11.0 Å². The van der Waals surface area contributed by atoms with Crippen molar-refractivity contribution in [3.63, 3.8) is 0 Å². The average molecular weight is 326 g/mol. The Bertz CT molecular complexity index is 779. The minimum Gasteiger partial charge on any atom is -0.361 e. The van der Waals surface area contributed by atoms with Crippen LogP contribution in [0.4, 0.5) is 4.79 Å². The van der Waals surface area contributed by atoms with Gasteiger partial charge in [-0.15, -0.1) is 0 Å². The van der Waals surface area contributed by atoms with E-state index < -0.39 is 0 Å². The van der Waals surface area contributed by atoms with Gasteiger partial charge in [0.15, 0.2) is 0 Å². The van der Waals surface area contributed by atoms with Crippen LogP contribution in [0.1, 0.15) is 18.9 Å². The van der Waals surface area contributed by atoms with Gasteiger partial charge in [0.1, 0.15) is 12.7 Å². The monoisotopic (exact) mass is 326 g/mol. The van der Waals surface area contributed by atoms with E-state index >= 15 is 0 Å². The molecule has 126 valence electrons. The summed E-state index contributed by atoms with van der Waals surface area (Å²) in [7, 11) is 0. The first kappa shape index (κ1) is 16.0. The van der Waals surface area contributed by atoms with E-state index in [0.29, 0.717) is 13.1 Å². The summed E-state index contributed by atoms with van der Waals surface area (Å²) in [6.45, 7) is 3.18. The lowest BCUT2D eigenvalue weighted by Crippen LogP contribution is -2.42. The zero-order chi connectivity index (χ0) is 16.8. The maximum atomic E-state index is 11.9. The lowest BCUT2D eigenvalue weighted by molar-refractivity contribution is 0.236. The number of amides is 2. The van der Waals surface area contributed by atoms with Gasteiger partial charge in [0.2, 0.25) is 0 Å². The Labute approximate surface area is 140 Å². The van der Waals surface area contributed by atoms with Crippen LogP contribution in [0.5, 0.6) is 0 Å². The van der Waals surface area contributed by atoms with Crippen LogP contribution in [0, 0.1) is 0 Å². The molecule has 3 rings (SSSR count). The molecule has 0 aliphatic heterocycles. The van der Waals surface area contributed by atoms with E-state index in [4.69, 9.17) is 0 Å². The number of fused-ring (bicyclic) bond motifs is 1. The van der Waals surface area contributed by atoms with Crippen LogP contribution in [-0.4, -0.2) is 38.4 Å². The number of carbonyl (C=O) groups excluding carboxylic acids is 1. The highest BCUT2D eigenvalue weighted by molar-refractivity contribution is 5.83. The molecule has 0 fully saturated rings. The van der Waals surface area contributed by atoms with Crippen LogP contribution in [0.15, 0.2) is 43.1 Å². The lowest BCUT2D eigenvalue weighted by atomic mass is 10.1. The summed E-state index contributed by atoms with van der Waals surface area (Å²) >= 11 is 0. The predicted octanol–water partition coefficient (Wildman–Crippen LogP) is 2.08. The number of carbonyl (C=O) groups is 1. The molecule has 2 amide bonds. The third kappa shape index (κ3) is 4.13. The first-order valence-electron chi connectivity index (χ1n) is 8.14. The minimum absolute atomic E-state index is 0.0136. The van der Waals surface area contributed by atoms with Crippen molar-refractivity contribution in [1.82, 2.24) is 30.4 Å². The van der Waals surface area contributed by atoms with Crippen LogP contribution in [0.25, 0.3) is 10.9 Å². The molecule has 0 spiro atoms. The number of hydrogen-bond donors (Lipinski definition) is 3. The predicted molar refractivity (Wildman–Crippen MR) is 92.6 cm³/mol. The largest absolute Gasteiger partial charge is 0.361 e. The fourth-order valence-electron chi connectivity index (χ4n) is 2.75. The molecule has 2 aromatic heterocycles. The number of aryl methyl sites for hydroxylation is 1. The van der Waals surface area contributed by atoms with Gasteiger partial charge in [0.25, 0.3) is 0 Å². The molecule has 3 aromatic rings. The number of nitrogens with one attached hydrogen (secondary N) is 3. The van der Waals surface area contributed by atoms with E-state index in [-0.39, 0.29) is 12.1 Å². The quantitative estimate of drug-likeness (QED) is 0.581. The number of aromatic nitrogens is 4. The second-order valence-electron chi connectivity index (χ2n) is 5.88. The molecule has 24 heavy (non-hydrogen) atoms. The summed E-state index contributed by atoms with van der Waals surface area (Å²) in [6, 6.07) is 8.09. The Morgan fingerprint density at radius 1 is 1.38 bits per heavy atom. The number of rotatable bonds is 7. The summed E-state index contributed by atoms with van der Waals surface area (Å²) in [6.07, 6.45) is 6.99. The molecule has 0 saturated carbocycles. The van der Waals surface area contributed by atoms with Crippen LogP contribution < -0.4 is 10.6 Å². The van der Waals surface area contributed by atoms with Gasteiger partial charge in [-0.25, -0.2) is 9.78 Å². The summed E-state index contributed by atoms with van der Waals surface area (Å²) in [5, 5.41) is 11.1. The van der Waals surface area contributed by atoms with Crippen LogP contribution >= 0.6 is 0 Å². The van der Waals surface area contributed by atoms with Crippen molar-refractivity contribution < 1.29 is 4.79 Å². The van der Waals surface area contributed by atoms with E-state index in [1.807, 2.05) is 25.3 Å². The van der Waals surface area contributed by atoms with Crippen molar-refractivity contribution in [1.29, 1.82) is 0 Å². The number of urea groups is 1. The van der Waals surface area contributed by atoms with Gasteiger partial charge in [-0.05, 0) is 31.4 Å². The molecular formula is C17H22N6O. The second kappa shape index (κ2) is 7.63. The molecule has 2 heterocycles. The normalized spacial score (nSPS) is 12.2. The van der Waals surface area contributed by atoms with Crippen molar-refractivity contribution in [2.24, 2.45) is 0 Å². The Kier molecular flexibility index (Phi) is 5.10. The second-order valence-corrected chi connectivity index (χ2v) is 5.88. The van der Waals surface area contributed by atoms with Gasteiger partial charge in [0.05, 0.1) is 6.54 Å². The Hall–Kier alpha value is -2.83. The molecule has 0 radical (unpaired) electrons. The first-order valence-corrected chi connectivity index (χ1v) is 8.14. The minimum atomic E-state index is -0.151. The average Bonchev–Trinajstić information content (AvgIpc) is 3.21. The Morgan fingerprint density at radius 3 is 3.08 bits per heavy atom. The molecule has 0 aliphatic carbocycles. The molecule has 0 aliphatic rings. The summed E-state index contributed by atoms with van der Waals surface area (Å²) in [4.78, 5) is 19.0. The van der Waals surface area contributed by atoms with Crippen LogP contribution in [-0.2, 0) is 13.0 Å². The Balaban J connectivity index is 1.37. The first-order chi connectivity index (χ1) is 11.7. The summed E-state index contributed by atoms with van der Waals surface area (Å²) in [5.74, 6) is 0. The molecule has 0 bridgehead atoms. The highest BCUT2D eigenvalue weighted by Gasteiger charge is 2.08. The van der Waals surface area contributed by atoms with Crippen LogP contribution in [0.2, 0.25) is 0 Å². The van der Waals surface area contributed by atoms with E-state index in [1.165, 1.54) is 17.3 Å². The van der Waals surface area contributed by atoms with Crippen molar-refractivity contribution >= 4 is 16.9 Å².